The Morgan fingerprint density at radius 3 is 2.35 bits per heavy atom. The van der Waals surface area contributed by atoms with Gasteiger partial charge in [-0.15, -0.1) is 11.6 Å². The number of halogens is 2. The molecule has 180 valence electrons. The third-order valence-corrected chi connectivity index (χ3v) is 5.58. The number of carbonyl (C=O) groups excluding carboxylic acids is 4. The number of nitrogens with zero attached hydrogens (tertiary/aromatic N) is 1. The molecule has 2 aromatic rings. The number of esters is 2. The van der Waals surface area contributed by atoms with Gasteiger partial charge in [-0.05, 0) is 55.0 Å². The standard InChI is InChI=1S/C25H25ClFNO6/c1-2-13-33-24(31)17-5-9-20(10-6-17)28-15-18(14-22(28)29)25(32)34-21(11-12-26)23(30)16-3-7-19(27)8-4-16/h3-10,18,21H,2,11-15H2,1H3/t18-,21+/m1/s1. The Hall–Kier alpha value is -3.26. The van der Waals surface area contributed by atoms with Crippen LogP contribution in [-0.4, -0.2) is 48.8 Å². The molecule has 1 amide bonds. The molecule has 7 nitrogen and oxygen atoms in total. The summed E-state index contributed by atoms with van der Waals surface area (Å²) in [6.07, 6.45) is -0.404. The molecule has 0 spiro atoms. The summed E-state index contributed by atoms with van der Waals surface area (Å²) in [5.74, 6) is -3.06. The highest BCUT2D eigenvalue weighted by molar-refractivity contribution is 6.18. The van der Waals surface area contributed by atoms with Gasteiger partial charge in [-0.2, -0.15) is 0 Å². The minimum Gasteiger partial charge on any atom is -0.462 e. The molecule has 1 aliphatic heterocycles. The fourth-order valence-corrected chi connectivity index (χ4v) is 3.75. The minimum absolute atomic E-state index is 0.0720. The second-order valence-corrected chi connectivity index (χ2v) is 8.24. The Bertz CT molecular complexity index is 1040. The largest absolute Gasteiger partial charge is 0.462 e. The van der Waals surface area contributed by atoms with Crippen molar-refractivity contribution in [2.75, 3.05) is 23.9 Å². The van der Waals surface area contributed by atoms with E-state index in [1.165, 1.54) is 17.0 Å². The molecule has 3 rings (SSSR count). The first kappa shape index (κ1) is 25.4. The van der Waals surface area contributed by atoms with Crippen molar-refractivity contribution in [3.05, 3.63) is 65.5 Å². The fourth-order valence-electron chi connectivity index (χ4n) is 3.55. The zero-order valence-electron chi connectivity index (χ0n) is 18.7. The van der Waals surface area contributed by atoms with Crippen molar-refractivity contribution in [2.24, 2.45) is 5.92 Å². The fraction of sp³-hybridized carbons (Fsp3) is 0.360. The Kier molecular flexibility index (Phi) is 8.76. The molecule has 0 aliphatic carbocycles. The number of carbonyl (C=O) groups is 4. The van der Waals surface area contributed by atoms with Crippen LogP contribution in [-0.2, 0) is 19.1 Å². The van der Waals surface area contributed by atoms with Crippen LogP contribution in [0.25, 0.3) is 0 Å². The number of Topliss-reactive ketones (excluding diaryl/α,β-unsaturated/α-hetero) is 1. The molecule has 34 heavy (non-hydrogen) atoms. The number of ketones is 1. The van der Waals surface area contributed by atoms with Gasteiger partial charge in [-0.25, -0.2) is 9.18 Å². The summed E-state index contributed by atoms with van der Waals surface area (Å²) in [7, 11) is 0. The van der Waals surface area contributed by atoms with Crippen molar-refractivity contribution in [2.45, 2.75) is 32.3 Å². The average molecular weight is 490 g/mol. The smallest absolute Gasteiger partial charge is 0.338 e. The van der Waals surface area contributed by atoms with Gasteiger partial charge in [0.25, 0.3) is 0 Å². The lowest BCUT2D eigenvalue weighted by atomic mass is 10.0. The van der Waals surface area contributed by atoms with Gasteiger partial charge in [0.1, 0.15) is 5.82 Å². The molecular weight excluding hydrogens is 465 g/mol. The summed E-state index contributed by atoms with van der Waals surface area (Å²) in [6.45, 7) is 2.30. The van der Waals surface area contributed by atoms with Crippen LogP contribution in [0.1, 0.15) is 46.9 Å². The summed E-state index contributed by atoms with van der Waals surface area (Å²) in [5.41, 5.74) is 1.10. The van der Waals surface area contributed by atoms with Gasteiger partial charge in [-0.3, -0.25) is 14.4 Å². The van der Waals surface area contributed by atoms with Crippen LogP contribution in [0, 0.1) is 11.7 Å². The van der Waals surface area contributed by atoms with Crippen molar-refractivity contribution in [3.8, 4) is 0 Å². The second kappa shape index (κ2) is 11.7. The van der Waals surface area contributed by atoms with Gasteiger partial charge in [-0.1, -0.05) is 6.92 Å². The van der Waals surface area contributed by atoms with Gasteiger partial charge < -0.3 is 14.4 Å². The van der Waals surface area contributed by atoms with Crippen LogP contribution >= 0.6 is 11.6 Å². The van der Waals surface area contributed by atoms with Crippen LogP contribution < -0.4 is 4.90 Å². The Labute approximate surface area is 201 Å². The number of alkyl halides is 1. The molecule has 0 unspecified atom stereocenters. The van der Waals surface area contributed by atoms with Gasteiger partial charge in [0.2, 0.25) is 11.7 Å². The van der Waals surface area contributed by atoms with Crippen LogP contribution in [0.5, 0.6) is 0 Å². The molecule has 0 saturated carbocycles. The highest BCUT2D eigenvalue weighted by Crippen LogP contribution is 2.27. The molecule has 0 N–H and O–H groups in total. The highest BCUT2D eigenvalue weighted by Gasteiger charge is 2.38. The van der Waals surface area contributed by atoms with E-state index < -0.39 is 35.6 Å². The predicted octanol–water partition coefficient (Wildman–Crippen LogP) is 4.17. The molecule has 0 bridgehead atoms. The number of rotatable bonds is 10. The highest BCUT2D eigenvalue weighted by atomic mass is 35.5. The number of hydrogen-bond acceptors (Lipinski definition) is 6. The van der Waals surface area contributed by atoms with Crippen LogP contribution in [0.2, 0.25) is 0 Å². The van der Waals surface area contributed by atoms with E-state index in [4.69, 9.17) is 21.1 Å². The van der Waals surface area contributed by atoms with E-state index in [0.717, 1.165) is 12.1 Å². The van der Waals surface area contributed by atoms with Gasteiger partial charge >= 0.3 is 11.9 Å². The van der Waals surface area contributed by atoms with E-state index in [1.807, 2.05) is 6.92 Å². The third-order valence-electron chi connectivity index (χ3n) is 5.36. The SMILES string of the molecule is CCCOC(=O)c1ccc(N2C[C@H](C(=O)O[C@@H](CCCl)C(=O)c3ccc(F)cc3)CC2=O)cc1. The summed E-state index contributed by atoms with van der Waals surface area (Å²) in [4.78, 5) is 51.4. The number of anilines is 1. The molecular formula is C25H25ClFNO6. The Morgan fingerprint density at radius 2 is 1.74 bits per heavy atom. The topological polar surface area (TPSA) is 90.0 Å². The van der Waals surface area contributed by atoms with E-state index in [2.05, 4.69) is 0 Å². The number of benzene rings is 2. The lowest BCUT2D eigenvalue weighted by Gasteiger charge is -2.19. The van der Waals surface area contributed by atoms with Crippen LogP contribution in [0.4, 0.5) is 10.1 Å². The van der Waals surface area contributed by atoms with E-state index in [-0.39, 0.29) is 36.7 Å². The first-order chi connectivity index (χ1) is 16.3. The lowest BCUT2D eigenvalue weighted by molar-refractivity contribution is -0.151. The molecule has 1 heterocycles. The minimum atomic E-state index is -1.13. The number of hydrogen-bond donors (Lipinski definition) is 0. The number of amides is 1. The quantitative estimate of drug-likeness (QED) is 0.283. The molecule has 1 saturated heterocycles. The Balaban J connectivity index is 1.64. The molecule has 2 aromatic carbocycles. The van der Waals surface area contributed by atoms with Crippen LogP contribution in [0.15, 0.2) is 48.5 Å². The van der Waals surface area contributed by atoms with Crippen molar-refractivity contribution in [1.29, 1.82) is 0 Å². The molecule has 0 radical (unpaired) electrons. The maximum atomic E-state index is 13.2. The maximum absolute atomic E-state index is 13.2. The van der Waals surface area contributed by atoms with Gasteiger partial charge in [0.15, 0.2) is 6.10 Å². The summed E-state index contributed by atoms with van der Waals surface area (Å²) in [5, 5.41) is 0. The van der Waals surface area contributed by atoms with E-state index in [9.17, 15) is 23.6 Å². The van der Waals surface area contributed by atoms with E-state index in [0.29, 0.717) is 24.3 Å². The third kappa shape index (κ3) is 6.20. The zero-order valence-corrected chi connectivity index (χ0v) is 19.4. The zero-order chi connectivity index (χ0) is 24.7. The van der Waals surface area contributed by atoms with Crippen LogP contribution in [0.3, 0.4) is 0 Å². The summed E-state index contributed by atoms with van der Waals surface area (Å²) < 4.78 is 23.7. The molecule has 2 atom stereocenters. The molecule has 0 aromatic heterocycles. The van der Waals surface area contributed by atoms with Crippen molar-refractivity contribution in [1.82, 2.24) is 0 Å². The number of ether oxygens (including phenoxy) is 2. The van der Waals surface area contributed by atoms with Crippen molar-refractivity contribution in [3.63, 3.8) is 0 Å². The molecule has 9 heteroatoms. The first-order valence-electron chi connectivity index (χ1n) is 11.0. The lowest BCUT2D eigenvalue weighted by Crippen LogP contribution is -2.32. The molecule has 1 fully saturated rings. The van der Waals surface area contributed by atoms with Crippen molar-refractivity contribution < 1.29 is 33.0 Å². The predicted molar refractivity (Wildman–Crippen MR) is 123 cm³/mol. The maximum Gasteiger partial charge on any atom is 0.338 e. The van der Waals surface area contributed by atoms with Crippen molar-refractivity contribution >= 4 is 40.9 Å². The monoisotopic (exact) mass is 489 g/mol. The first-order valence-corrected chi connectivity index (χ1v) is 11.5. The average Bonchev–Trinajstić information content (AvgIpc) is 3.24. The summed E-state index contributed by atoms with van der Waals surface area (Å²) in [6, 6.07) is 11.3. The Morgan fingerprint density at radius 1 is 1.09 bits per heavy atom. The van der Waals surface area contributed by atoms with E-state index in [1.54, 1.807) is 24.3 Å². The normalized spacial score (nSPS) is 16.3. The summed E-state index contributed by atoms with van der Waals surface area (Å²) >= 11 is 5.79. The van der Waals surface area contributed by atoms with E-state index >= 15 is 0 Å². The second-order valence-electron chi connectivity index (χ2n) is 7.86. The molecule has 1 aliphatic rings. The van der Waals surface area contributed by atoms with Gasteiger partial charge in [0.05, 0.1) is 18.1 Å². The van der Waals surface area contributed by atoms with Gasteiger partial charge in [0, 0.05) is 36.5 Å².